The average Bonchev–Trinajstić information content (AvgIpc) is 2.87. The Bertz CT molecular complexity index is 1330. The van der Waals surface area contributed by atoms with Gasteiger partial charge in [0.05, 0.1) is 5.69 Å². The number of carboxylic acid groups (broad SMARTS) is 1. The number of nitrogens with one attached hydrogen (secondary N) is 1. The second-order valence-corrected chi connectivity index (χ2v) is 7.66. The maximum absolute atomic E-state index is 13.0. The topological polar surface area (TPSA) is 105 Å². The molecule has 176 valence electrons. The summed E-state index contributed by atoms with van der Waals surface area (Å²) in [6.07, 6.45) is -0.493. The van der Waals surface area contributed by atoms with Crippen LogP contribution in [-0.2, 0) is 9.53 Å². The highest BCUT2D eigenvalue weighted by atomic mass is 16.6. The lowest BCUT2D eigenvalue weighted by Crippen LogP contribution is -2.29. The Morgan fingerprint density at radius 1 is 0.829 bits per heavy atom. The molecule has 0 unspecified atom stereocenters. The molecule has 7 nitrogen and oxygen atoms in total. The number of benzene rings is 4. The number of aliphatic carboxylic acids is 1. The molecule has 0 aromatic heterocycles. The van der Waals surface area contributed by atoms with Crippen LogP contribution < -0.4 is 10.1 Å². The van der Waals surface area contributed by atoms with E-state index in [0.29, 0.717) is 17.0 Å². The van der Waals surface area contributed by atoms with Gasteiger partial charge in [0.25, 0.3) is 0 Å². The highest BCUT2D eigenvalue weighted by Gasteiger charge is 2.28. The molecule has 0 fully saturated rings. The maximum Gasteiger partial charge on any atom is 0.412 e. The van der Waals surface area contributed by atoms with Gasteiger partial charge in [0.15, 0.2) is 12.2 Å². The molecule has 0 bridgehead atoms. The summed E-state index contributed by atoms with van der Waals surface area (Å²) in [5.74, 6) is -0.667. The third-order valence-corrected chi connectivity index (χ3v) is 5.22. The minimum atomic E-state index is -1.17. The fourth-order valence-corrected chi connectivity index (χ4v) is 3.61. The molecular formula is C28H23NO6. The van der Waals surface area contributed by atoms with Crippen LogP contribution in [0.3, 0.4) is 0 Å². The summed E-state index contributed by atoms with van der Waals surface area (Å²) >= 11 is 0. The number of carbonyl (C=O) groups is 2. The Kier molecular flexibility index (Phi) is 7.28. The van der Waals surface area contributed by atoms with Crippen molar-refractivity contribution < 1.29 is 29.3 Å². The Labute approximate surface area is 201 Å². The number of phenols is 1. The number of ether oxygens (including phenoxy) is 2. The second kappa shape index (κ2) is 10.9. The van der Waals surface area contributed by atoms with Crippen LogP contribution in [0.5, 0.6) is 11.5 Å². The molecule has 0 radical (unpaired) electrons. The Balaban J connectivity index is 1.65. The van der Waals surface area contributed by atoms with Gasteiger partial charge in [-0.05, 0) is 47.4 Å². The van der Waals surface area contributed by atoms with Crippen LogP contribution in [0.25, 0.3) is 10.8 Å². The standard InChI is InChI=1S/C28H23NO6/c30-21-15-13-20(14-16-21)27(25(17-18-26(31)32)34-22-9-2-1-3-10-22)35-28(33)29-24-12-6-8-19-7-4-5-11-23(19)24/h1-18,25,27,30H,(H,29,33)(H,31,32)/b18-17+/t25-,27-/m1/s1. The SMILES string of the molecule is O=C(O)/C=C/[C@@H](Oc1ccccc1)[C@H](OC(=O)Nc1cccc2ccccc12)c1ccc(O)cc1. The Morgan fingerprint density at radius 3 is 2.26 bits per heavy atom. The van der Waals surface area contributed by atoms with E-state index in [4.69, 9.17) is 9.47 Å². The zero-order valence-electron chi connectivity index (χ0n) is 18.6. The molecule has 4 rings (SSSR count). The summed E-state index contributed by atoms with van der Waals surface area (Å²) in [4.78, 5) is 24.3. The first-order chi connectivity index (χ1) is 17.0. The zero-order valence-corrected chi connectivity index (χ0v) is 18.6. The minimum Gasteiger partial charge on any atom is -0.508 e. The fraction of sp³-hybridized carbons (Fsp3) is 0.0714. The Hall–Kier alpha value is -4.78. The fourth-order valence-electron chi connectivity index (χ4n) is 3.61. The third kappa shape index (κ3) is 6.17. The number of carboxylic acids is 1. The van der Waals surface area contributed by atoms with Crippen LogP contribution in [-0.4, -0.2) is 28.4 Å². The smallest absolute Gasteiger partial charge is 0.412 e. The van der Waals surface area contributed by atoms with Crippen LogP contribution in [0.15, 0.2) is 109 Å². The van der Waals surface area contributed by atoms with Crippen molar-refractivity contribution in [2.24, 2.45) is 0 Å². The van der Waals surface area contributed by atoms with Crippen molar-refractivity contribution in [3.63, 3.8) is 0 Å². The predicted octanol–water partition coefficient (Wildman–Crippen LogP) is 5.92. The van der Waals surface area contributed by atoms with Gasteiger partial charge in [-0.1, -0.05) is 66.7 Å². The van der Waals surface area contributed by atoms with E-state index in [9.17, 15) is 19.8 Å². The second-order valence-electron chi connectivity index (χ2n) is 7.66. The van der Waals surface area contributed by atoms with Gasteiger partial charge in [0.2, 0.25) is 0 Å². The first kappa shape index (κ1) is 23.4. The van der Waals surface area contributed by atoms with Crippen LogP contribution in [0.4, 0.5) is 10.5 Å². The van der Waals surface area contributed by atoms with Gasteiger partial charge in [-0.25, -0.2) is 9.59 Å². The van der Waals surface area contributed by atoms with Crippen molar-refractivity contribution in [3.05, 3.63) is 115 Å². The predicted molar refractivity (Wildman–Crippen MR) is 133 cm³/mol. The normalized spacial score (nSPS) is 12.7. The Morgan fingerprint density at radius 2 is 1.51 bits per heavy atom. The minimum absolute atomic E-state index is 0.0364. The van der Waals surface area contributed by atoms with Crippen molar-refractivity contribution >= 4 is 28.5 Å². The summed E-state index contributed by atoms with van der Waals surface area (Å²) in [6.45, 7) is 0. The van der Waals surface area contributed by atoms with Crippen LogP contribution in [0, 0.1) is 0 Å². The van der Waals surface area contributed by atoms with Gasteiger partial charge in [-0.15, -0.1) is 0 Å². The lowest BCUT2D eigenvalue weighted by molar-refractivity contribution is -0.131. The summed E-state index contributed by atoms with van der Waals surface area (Å²) in [7, 11) is 0. The molecule has 35 heavy (non-hydrogen) atoms. The molecule has 0 saturated heterocycles. The molecule has 0 aliphatic carbocycles. The summed E-state index contributed by atoms with van der Waals surface area (Å²) in [5.41, 5.74) is 1.08. The summed E-state index contributed by atoms with van der Waals surface area (Å²) in [5, 5.41) is 23.5. The van der Waals surface area contributed by atoms with E-state index < -0.39 is 24.3 Å². The van der Waals surface area contributed by atoms with E-state index in [1.165, 1.54) is 18.2 Å². The maximum atomic E-state index is 13.0. The van der Waals surface area contributed by atoms with Gasteiger partial charge >= 0.3 is 12.1 Å². The van der Waals surface area contributed by atoms with Gasteiger partial charge in [0, 0.05) is 11.5 Å². The van der Waals surface area contributed by atoms with Crippen LogP contribution >= 0.6 is 0 Å². The summed E-state index contributed by atoms with van der Waals surface area (Å²) < 4.78 is 11.8. The van der Waals surface area contributed by atoms with Gasteiger partial charge in [-0.3, -0.25) is 5.32 Å². The largest absolute Gasteiger partial charge is 0.508 e. The number of phenolic OH excluding ortho intramolecular Hbond substituents is 1. The van der Waals surface area contributed by atoms with E-state index in [-0.39, 0.29) is 5.75 Å². The highest BCUT2D eigenvalue weighted by Crippen LogP contribution is 2.29. The third-order valence-electron chi connectivity index (χ3n) is 5.22. The molecule has 0 aliphatic heterocycles. The van der Waals surface area contributed by atoms with E-state index in [0.717, 1.165) is 16.8 Å². The van der Waals surface area contributed by atoms with Gasteiger partial charge in [0.1, 0.15) is 11.5 Å². The highest BCUT2D eigenvalue weighted by molar-refractivity contribution is 6.00. The molecule has 4 aromatic carbocycles. The van der Waals surface area contributed by atoms with Crippen molar-refractivity contribution in [2.75, 3.05) is 5.32 Å². The van der Waals surface area contributed by atoms with E-state index in [2.05, 4.69) is 5.32 Å². The van der Waals surface area contributed by atoms with Crippen molar-refractivity contribution in [1.82, 2.24) is 0 Å². The van der Waals surface area contributed by atoms with Crippen LogP contribution in [0.2, 0.25) is 0 Å². The quantitative estimate of drug-likeness (QED) is 0.277. The molecule has 2 atom stereocenters. The molecule has 3 N–H and O–H groups in total. The number of aromatic hydroxyl groups is 1. The van der Waals surface area contributed by atoms with Crippen LogP contribution in [0.1, 0.15) is 11.7 Å². The van der Waals surface area contributed by atoms with Crippen molar-refractivity contribution in [1.29, 1.82) is 0 Å². The first-order valence-corrected chi connectivity index (χ1v) is 10.9. The molecule has 1 amide bonds. The number of amides is 1. The zero-order chi connectivity index (χ0) is 24.6. The van der Waals surface area contributed by atoms with Crippen molar-refractivity contribution in [2.45, 2.75) is 12.2 Å². The number of hydrogen-bond acceptors (Lipinski definition) is 5. The number of para-hydroxylation sites is 1. The lowest BCUT2D eigenvalue weighted by Gasteiger charge is -2.26. The number of anilines is 1. The molecule has 0 saturated carbocycles. The average molecular weight is 469 g/mol. The van der Waals surface area contributed by atoms with E-state index in [1.54, 1.807) is 42.5 Å². The van der Waals surface area contributed by atoms with Gasteiger partial charge in [-0.2, -0.15) is 0 Å². The molecule has 0 heterocycles. The molecule has 0 spiro atoms. The van der Waals surface area contributed by atoms with E-state index in [1.807, 2.05) is 42.5 Å². The number of fused-ring (bicyclic) bond motifs is 1. The number of rotatable bonds is 8. The molecule has 7 heteroatoms. The van der Waals surface area contributed by atoms with Gasteiger partial charge < -0.3 is 19.7 Å². The molecule has 4 aromatic rings. The summed E-state index contributed by atoms with van der Waals surface area (Å²) in [6, 6.07) is 28.0. The number of hydrogen-bond donors (Lipinski definition) is 3. The number of carbonyl (C=O) groups excluding carboxylic acids is 1. The monoisotopic (exact) mass is 469 g/mol. The lowest BCUT2D eigenvalue weighted by atomic mass is 10.0. The van der Waals surface area contributed by atoms with E-state index >= 15 is 0 Å². The molecular weight excluding hydrogens is 446 g/mol. The van der Waals surface area contributed by atoms with Crippen molar-refractivity contribution in [3.8, 4) is 11.5 Å². The first-order valence-electron chi connectivity index (χ1n) is 10.9. The molecule has 0 aliphatic rings.